The Hall–Kier alpha value is -1.12. The Morgan fingerprint density at radius 2 is 2.16 bits per heavy atom. The maximum absolute atomic E-state index is 5.05. The molecule has 0 bridgehead atoms. The lowest BCUT2D eigenvalue weighted by atomic mass is 10.5. The molecule has 7 nitrogen and oxygen atoms in total. The van der Waals surface area contributed by atoms with Gasteiger partial charge in [-0.1, -0.05) is 23.8 Å². The van der Waals surface area contributed by atoms with Gasteiger partial charge in [0.15, 0.2) is 11.0 Å². The number of aryl methyl sites for hydroxylation is 1. The highest BCUT2D eigenvalue weighted by Crippen LogP contribution is 2.19. The Morgan fingerprint density at radius 3 is 2.79 bits per heavy atom. The van der Waals surface area contributed by atoms with E-state index in [4.69, 9.17) is 4.52 Å². The van der Waals surface area contributed by atoms with Gasteiger partial charge in [0.2, 0.25) is 5.89 Å². The molecule has 106 valence electrons. The summed E-state index contributed by atoms with van der Waals surface area (Å²) in [6.07, 6.45) is 0.758. The number of hydrogen-bond acceptors (Lipinski definition) is 7. The van der Waals surface area contributed by atoms with E-state index in [1.807, 2.05) is 25.6 Å². The van der Waals surface area contributed by atoms with Crippen molar-refractivity contribution in [1.29, 1.82) is 0 Å². The molecule has 9 heteroatoms. The van der Waals surface area contributed by atoms with Crippen LogP contribution in [0.3, 0.4) is 0 Å². The first-order valence-corrected chi connectivity index (χ1v) is 6.70. The smallest absolute Gasteiger partial charge is 0.226 e. The van der Waals surface area contributed by atoms with Crippen LogP contribution >= 0.6 is 24.2 Å². The maximum Gasteiger partial charge on any atom is 0.226 e. The van der Waals surface area contributed by atoms with E-state index in [1.165, 1.54) is 0 Å². The van der Waals surface area contributed by atoms with E-state index >= 15 is 0 Å². The largest absolute Gasteiger partial charge is 0.339 e. The minimum absolute atomic E-state index is 0. The van der Waals surface area contributed by atoms with Crippen molar-refractivity contribution >= 4 is 24.2 Å². The summed E-state index contributed by atoms with van der Waals surface area (Å²) >= 11 is 1.55. The normalized spacial score (nSPS) is 10.5. The zero-order valence-electron chi connectivity index (χ0n) is 11.1. The van der Waals surface area contributed by atoms with Gasteiger partial charge in [-0.2, -0.15) is 4.98 Å². The van der Waals surface area contributed by atoms with E-state index < -0.39 is 0 Å². The van der Waals surface area contributed by atoms with E-state index in [1.54, 1.807) is 11.8 Å². The van der Waals surface area contributed by atoms with Crippen LogP contribution in [0, 0.1) is 0 Å². The van der Waals surface area contributed by atoms with Crippen LogP contribution in [0.15, 0.2) is 9.68 Å². The first kappa shape index (κ1) is 15.9. The summed E-state index contributed by atoms with van der Waals surface area (Å²) < 4.78 is 7.01. The van der Waals surface area contributed by atoms with Crippen molar-refractivity contribution in [1.82, 2.24) is 30.2 Å². The van der Waals surface area contributed by atoms with Crippen molar-refractivity contribution in [3.63, 3.8) is 0 Å². The molecule has 0 aliphatic carbocycles. The second-order valence-corrected chi connectivity index (χ2v) is 4.68. The Balaban J connectivity index is 0.00000180. The van der Waals surface area contributed by atoms with Crippen LogP contribution in [-0.2, 0) is 25.8 Å². The Labute approximate surface area is 122 Å². The van der Waals surface area contributed by atoms with Crippen LogP contribution in [-0.4, -0.2) is 32.0 Å². The van der Waals surface area contributed by atoms with Gasteiger partial charge in [-0.25, -0.2) is 0 Å². The van der Waals surface area contributed by atoms with Gasteiger partial charge < -0.3 is 14.4 Å². The molecule has 0 aliphatic rings. The number of thioether (sulfide) groups is 1. The van der Waals surface area contributed by atoms with Crippen molar-refractivity contribution in [3.8, 4) is 0 Å². The number of rotatable bonds is 6. The molecule has 0 saturated heterocycles. The van der Waals surface area contributed by atoms with Crippen LogP contribution in [0.5, 0.6) is 0 Å². The molecule has 2 aromatic heterocycles. The van der Waals surface area contributed by atoms with Crippen LogP contribution in [0.25, 0.3) is 0 Å². The molecule has 0 aromatic carbocycles. The summed E-state index contributed by atoms with van der Waals surface area (Å²) in [5.74, 6) is 2.89. The van der Waals surface area contributed by atoms with Gasteiger partial charge in [-0.05, 0) is 7.05 Å². The van der Waals surface area contributed by atoms with Gasteiger partial charge in [0.1, 0.15) is 5.82 Å². The molecule has 0 saturated carbocycles. The topological polar surface area (TPSA) is 81.7 Å². The number of nitrogens with one attached hydrogen (secondary N) is 1. The summed E-state index contributed by atoms with van der Waals surface area (Å²) in [5, 5.41) is 16.0. The third-order valence-corrected chi connectivity index (χ3v) is 3.42. The molecule has 0 unspecified atom stereocenters. The first-order valence-electron chi connectivity index (χ1n) is 5.71. The fraction of sp³-hybridized carbons (Fsp3) is 0.600. The molecule has 1 N–H and O–H groups in total. The van der Waals surface area contributed by atoms with Crippen molar-refractivity contribution < 1.29 is 4.52 Å². The molecule has 0 fully saturated rings. The summed E-state index contributed by atoms with van der Waals surface area (Å²) in [4.78, 5) is 4.25. The maximum atomic E-state index is 5.05. The molecule has 0 radical (unpaired) electrons. The lowest BCUT2D eigenvalue weighted by molar-refractivity contribution is 0.378. The summed E-state index contributed by atoms with van der Waals surface area (Å²) in [5.41, 5.74) is 0. The van der Waals surface area contributed by atoms with Crippen LogP contribution in [0.1, 0.15) is 24.5 Å². The van der Waals surface area contributed by atoms with Gasteiger partial charge in [0, 0.05) is 13.5 Å². The summed E-state index contributed by atoms with van der Waals surface area (Å²) in [7, 11) is 3.83. The number of halogens is 1. The molecule has 0 amide bonds. The highest BCUT2D eigenvalue weighted by atomic mass is 35.5. The molecule has 19 heavy (non-hydrogen) atoms. The van der Waals surface area contributed by atoms with E-state index in [9.17, 15) is 0 Å². The average Bonchev–Trinajstić information content (AvgIpc) is 2.96. The zero-order valence-corrected chi connectivity index (χ0v) is 12.7. The Kier molecular flexibility index (Phi) is 6.26. The summed E-state index contributed by atoms with van der Waals surface area (Å²) in [6, 6.07) is 0. The molecule has 0 spiro atoms. The minimum atomic E-state index is 0. The number of nitrogens with zero attached hydrogens (tertiary/aromatic N) is 5. The highest BCUT2D eigenvalue weighted by molar-refractivity contribution is 7.98. The SMILES string of the molecule is CCc1nc(CSc2nnc(CNC)n2C)no1.Cl. The van der Waals surface area contributed by atoms with Gasteiger partial charge in [0.05, 0.1) is 12.3 Å². The van der Waals surface area contributed by atoms with E-state index in [-0.39, 0.29) is 12.4 Å². The van der Waals surface area contributed by atoms with E-state index in [0.29, 0.717) is 24.0 Å². The predicted octanol–water partition coefficient (Wildman–Crippen LogP) is 1.19. The second kappa shape index (κ2) is 7.46. The van der Waals surface area contributed by atoms with Crippen molar-refractivity contribution in [2.24, 2.45) is 7.05 Å². The molecule has 2 aromatic rings. The predicted molar refractivity (Wildman–Crippen MR) is 74.3 cm³/mol. The number of aromatic nitrogens is 5. The van der Waals surface area contributed by atoms with Crippen LogP contribution < -0.4 is 5.32 Å². The first-order chi connectivity index (χ1) is 8.74. The molecule has 0 aliphatic heterocycles. The van der Waals surface area contributed by atoms with Gasteiger partial charge in [-0.15, -0.1) is 22.6 Å². The molecule has 0 atom stereocenters. The Morgan fingerprint density at radius 1 is 1.37 bits per heavy atom. The zero-order chi connectivity index (χ0) is 13.0. The highest BCUT2D eigenvalue weighted by Gasteiger charge is 2.11. The van der Waals surface area contributed by atoms with Crippen molar-refractivity contribution in [2.45, 2.75) is 30.8 Å². The quantitative estimate of drug-likeness (QED) is 0.803. The minimum Gasteiger partial charge on any atom is -0.339 e. The van der Waals surface area contributed by atoms with Gasteiger partial charge in [-0.3, -0.25) is 0 Å². The molecular weight excluding hydrogens is 288 g/mol. The molecule has 2 rings (SSSR count). The molecular formula is C10H17ClN6OS. The van der Waals surface area contributed by atoms with Gasteiger partial charge >= 0.3 is 0 Å². The van der Waals surface area contributed by atoms with Crippen molar-refractivity contribution in [3.05, 3.63) is 17.5 Å². The number of hydrogen-bond donors (Lipinski definition) is 1. The standard InChI is InChI=1S/C10H16N6OS.ClH/c1-4-9-12-7(15-17-9)6-18-10-14-13-8(5-11-2)16(10)3;/h11H,4-6H2,1-3H3;1H. The summed E-state index contributed by atoms with van der Waals surface area (Å²) in [6.45, 7) is 2.68. The lowest BCUT2D eigenvalue weighted by Crippen LogP contribution is -2.10. The monoisotopic (exact) mass is 304 g/mol. The van der Waals surface area contributed by atoms with Crippen molar-refractivity contribution in [2.75, 3.05) is 7.05 Å². The van der Waals surface area contributed by atoms with Crippen LogP contribution in [0.2, 0.25) is 0 Å². The van der Waals surface area contributed by atoms with Gasteiger partial charge in [0.25, 0.3) is 0 Å². The van der Waals surface area contributed by atoms with E-state index in [2.05, 4.69) is 25.7 Å². The fourth-order valence-corrected chi connectivity index (χ4v) is 2.18. The second-order valence-electron chi connectivity index (χ2n) is 3.73. The van der Waals surface area contributed by atoms with Crippen LogP contribution in [0.4, 0.5) is 0 Å². The lowest BCUT2D eigenvalue weighted by Gasteiger charge is -2.01. The molecule has 2 heterocycles. The average molecular weight is 305 g/mol. The third kappa shape index (κ3) is 3.92. The third-order valence-electron chi connectivity index (χ3n) is 2.40. The Bertz CT molecular complexity index is 514. The fourth-order valence-electron chi connectivity index (χ4n) is 1.40. The van der Waals surface area contributed by atoms with E-state index in [0.717, 1.165) is 17.4 Å².